The van der Waals surface area contributed by atoms with Crippen LogP contribution in [-0.2, 0) is 4.79 Å². The molecule has 1 aromatic rings. The van der Waals surface area contributed by atoms with Crippen LogP contribution in [0.25, 0.3) is 0 Å². The van der Waals surface area contributed by atoms with Crippen molar-refractivity contribution in [2.75, 3.05) is 25.0 Å². The molecule has 18 heavy (non-hydrogen) atoms. The lowest BCUT2D eigenvalue weighted by Gasteiger charge is -2.25. The summed E-state index contributed by atoms with van der Waals surface area (Å²) in [5.41, 5.74) is 1.17. The van der Waals surface area contributed by atoms with Gasteiger partial charge in [-0.25, -0.2) is 4.39 Å². The molecule has 0 fully saturated rings. The van der Waals surface area contributed by atoms with Gasteiger partial charge in [0, 0.05) is 24.8 Å². The molecule has 1 atom stereocenters. The van der Waals surface area contributed by atoms with Crippen molar-refractivity contribution in [2.45, 2.75) is 20.0 Å². The Kier molecular flexibility index (Phi) is 5.09. The number of carbonyl (C=O) groups is 1. The van der Waals surface area contributed by atoms with E-state index in [1.165, 1.54) is 12.1 Å². The van der Waals surface area contributed by atoms with Crippen LogP contribution in [0.15, 0.2) is 18.2 Å². The monoisotopic (exact) mass is 254 g/mol. The van der Waals surface area contributed by atoms with Crippen LogP contribution in [0.4, 0.5) is 10.1 Å². The van der Waals surface area contributed by atoms with E-state index in [0.717, 1.165) is 0 Å². The van der Waals surface area contributed by atoms with Gasteiger partial charge in [0.2, 0.25) is 5.91 Å². The van der Waals surface area contributed by atoms with Gasteiger partial charge in [0.05, 0.1) is 12.6 Å². The average molecular weight is 254 g/mol. The lowest BCUT2D eigenvalue weighted by Crippen LogP contribution is -2.36. The van der Waals surface area contributed by atoms with Crippen molar-refractivity contribution in [3.63, 3.8) is 0 Å². The largest absolute Gasteiger partial charge is 0.389 e. The Labute approximate surface area is 106 Å². The minimum absolute atomic E-state index is 0.127. The molecule has 0 heterocycles. The molecule has 0 radical (unpaired) electrons. The van der Waals surface area contributed by atoms with Gasteiger partial charge in [0.1, 0.15) is 5.82 Å². The Bertz CT molecular complexity index is 421. The third-order valence-electron chi connectivity index (χ3n) is 2.78. The molecule has 0 unspecified atom stereocenters. The summed E-state index contributed by atoms with van der Waals surface area (Å²) in [5.74, 6) is -0.525. The van der Waals surface area contributed by atoms with E-state index in [2.05, 4.69) is 5.32 Å². The number of halogens is 1. The normalized spacial score (nSPS) is 12.1. The highest BCUT2D eigenvalue weighted by Gasteiger charge is 2.16. The van der Waals surface area contributed by atoms with Gasteiger partial charge in [-0.05, 0) is 32.0 Å². The molecular weight excluding hydrogens is 235 g/mol. The topological polar surface area (TPSA) is 52.6 Å². The third kappa shape index (κ3) is 3.43. The number of likely N-dealkylation sites (N-methyl/N-ethyl adjacent to an activating group) is 2. The Morgan fingerprint density at radius 1 is 1.56 bits per heavy atom. The van der Waals surface area contributed by atoms with Gasteiger partial charge in [0.15, 0.2) is 0 Å². The maximum Gasteiger partial charge on any atom is 0.239 e. The van der Waals surface area contributed by atoms with E-state index in [9.17, 15) is 14.3 Å². The van der Waals surface area contributed by atoms with Crippen molar-refractivity contribution in [1.29, 1.82) is 0 Å². The minimum Gasteiger partial charge on any atom is -0.389 e. The lowest BCUT2D eigenvalue weighted by molar-refractivity contribution is -0.119. The van der Waals surface area contributed by atoms with E-state index < -0.39 is 11.9 Å². The van der Waals surface area contributed by atoms with Crippen molar-refractivity contribution in [3.05, 3.63) is 29.6 Å². The van der Waals surface area contributed by atoms with Crippen LogP contribution in [0.3, 0.4) is 0 Å². The van der Waals surface area contributed by atoms with Crippen LogP contribution in [0.5, 0.6) is 0 Å². The second kappa shape index (κ2) is 6.35. The van der Waals surface area contributed by atoms with E-state index in [4.69, 9.17) is 0 Å². The van der Waals surface area contributed by atoms with Crippen molar-refractivity contribution >= 4 is 11.6 Å². The molecule has 4 nitrogen and oxygen atoms in total. The summed E-state index contributed by atoms with van der Waals surface area (Å²) in [6, 6.07) is 4.21. The molecule has 0 spiro atoms. The molecular formula is C13H19FN2O2. The first-order valence-corrected chi connectivity index (χ1v) is 5.92. The maximum atomic E-state index is 13.2. The van der Waals surface area contributed by atoms with Crippen molar-refractivity contribution in [1.82, 2.24) is 5.32 Å². The van der Waals surface area contributed by atoms with Crippen LogP contribution in [0.1, 0.15) is 25.5 Å². The number of carbonyl (C=O) groups excluding carboxylic acids is 1. The van der Waals surface area contributed by atoms with Crippen molar-refractivity contribution in [3.8, 4) is 0 Å². The first-order chi connectivity index (χ1) is 8.49. The number of nitrogens with zero attached hydrogens (tertiary/aromatic N) is 1. The van der Waals surface area contributed by atoms with Gasteiger partial charge in [-0.3, -0.25) is 4.79 Å². The molecule has 100 valence electrons. The molecule has 0 aromatic heterocycles. The number of benzene rings is 1. The maximum absolute atomic E-state index is 13.2. The number of hydrogen-bond acceptors (Lipinski definition) is 3. The SMILES string of the molecule is CCN(CC(=O)NC)c1ccc(F)cc1[C@@H](C)O. The Morgan fingerprint density at radius 3 is 2.72 bits per heavy atom. The number of aliphatic hydroxyl groups excluding tert-OH is 1. The van der Waals surface area contributed by atoms with Gasteiger partial charge in [-0.2, -0.15) is 0 Å². The van der Waals surface area contributed by atoms with Crippen LogP contribution >= 0.6 is 0 Å². The number of aliphatic hydroxyl groups is 1. The van der Waals surface area contributed by atoms with Crippen LogP contribution in [-0.4, -0.2) is 31.2 Å². The molecule has 2 N–H and O–H groups in total. The van der Waals surface area contributed by atoms with Crippen LogP contribution in [0.2, 0.25) is 0 Å². The zero-order chi connectivity index (χ0) is 13.7. The van der Waals surface area contributed by atoms with Crippen LogP contribution < -0.4 is 10.2 Å². The van der Waals surface area contributed by atoms with E-state index in [1.54, 1.807) is 24.9 Å². The van der Waals surface area contributed by atoms with Gasteiger partial charge < -0.3 is 15.3 Å². The number of anilines is 1. The van der Waals surface area contributed by atoms with Crippen molar-refractivity contribution < 1.29 is 14.3 Å². The summed E-state index contributed by atoms with van der Waals surface area (Å²) in [6.45, 7) is 4.25. The number of nitrogens with one attached hydrogen (secondary N) is 1. The Balaban J connectivity index is 3.08. The summed E-state index contributed by atoms with van der Waals surface area (Å²) in [7, 11) is 1.57. The lowest BCUT2D eigenvalue weighted by atomic mass is 10.1. The molecule has 1 aromatic carbocycles. The van der Waals surface area contributed by atoms with Crippen LogP contribution in [0, 0.1) is 5.82 Å². The number of amides is 1. The van der Waals surface area contributed by atoms with Crippen molar-refractivity contribution in [2.24, 2.45) is 0 Å². The molecule has 5 heteroatoms. The fraction of sp³-hybridized carbons (Fsp3) is 0.462. The standard InChI is InChI=1S/C13H19FN2O2/c1-4-16(8-13(18)15-3)12-6-5-10(14)7-11(12)9(2)17/h5-7,9,17H,4,8H2,1-3H3,(H,15,18)/t9-/m1/s1. The van der Waals surface area contributed by atoms with E-state index >= 15 is 0 Å². The molecule has 1 amide bonds. The van der Waals surface area contributed by atoms with E-state index in [1.807, 2.05) is 6.92 Å². The fourth-order valence-electron chi connectivity index (χ4n) is 1.77. The molecule has 0 saturated heterocycles. The summed E-state index contributed by atoms with van der Waals surface area (Å²) >= 11 is 0. The minimum atomic E-state index is -0.783. The third-order valence-corrected chi connectivity index (χ3v) is 2.78. The predicted molar refractivity (Wildman–Crippen MR) is 69.0 cm³/mol. The molecule has 1 rings (SSSR count). The first kappa shape index (κ1) is 14.4. The first-order valence-electron chi connectivity index (χ1n) is 5.92. The molecule has 0 aliphatic rings. The molecule has 0 saturated carbocycles. The number of hydrogen-bond donors (Lipinski definition) is 2. The highest BCUT2D eigenvalue weighted by molar-refractivity contribution is 5.81. The van der Waals surface area contributed by atoms with Gasteiger partial charge >= 0.3 is 0 Å². The van der Waals surface area contributed by atoms with Gasteiger partial charge in [-0.1, -0.05) is 0 Å². The molecule has 0 bridgehead atoms. The van der Waals surface area contributed by atoms with E-state index in [-0.39, 0.29) is 12.5 Å². The average Bonchev–Trinajstić information content (AvgIpc) is 2.35. The second-order valence-electron chi connectivity index (χ2n) is 4.07. The summed E-state index contributed by atoms with van der Waals surface area (Å²) in [6.07, 6.45) is -0.783. The predicted octanol–water partition coefficient (Wildman–Crippen LogP) is 1.45. The molecule has 0 aliphatic carbocycles. The highest BCUT2D eigenvalue weighted by atomic mass is 19.1. The second-order valence-corrected chi connectivity index (χ2v) is 4.07. The summed E-state index contributed by atoms with van der Waals surface area (Å²) < 4.78 is 13.2. The molecule has 0 aliphatic heterocycles. The van der Waals surface area contributed by atoms with Gasteiger partial charge in [0.25, 0.3) is 0 Å². The number of rotatable bonds is 5. The Hall–Kier alpha value is -1.62. The Morgan fingerprint density at radius 2 is 2.22 bits per heavy atom. The summed E-state index contributed by atoms with van der Waals surface area (Å²) in [4.78, 5) is 13.2. The zero-order valence-corrected chi connectivity index (χ0v) is 10.9. The van der Waals surface area contributed by atoms with E-state index in [0.29, 0.717) is 17.8 Å². The van der Waals surface area contributed by atoms with Gasteiger partial charge in [-0.15, -0.1) is 0 Å². The quantitative estimate of drug-likeness (QED) is 0.836. The fourth-order valence-corrected chi connectivity index (χ4v) is 1.77. The zero-order valence-electron chi connectivity index (χ0n) is 10.9. The summed E-state index contributed by atoms with van der Waals surface area (Å²) in [5, 5.41) is 12.2. The smallest absolute Gasteiger partial charge is 0.239 e. The highest BCUT2D eigenvalue weighted by Crippen LogP contribution is 2.27.